The summed E-state index contributed by atoms with van der Waals surface area (Å²) in [4.78, 5) is 11.0. The summed E-state index contributed by atoms with van der Waals surface area (Å²) in [5, 5.41) is 0. The largest absolute Gasteiger partial charge is 0.298 e. The third-order valence-corrected chi connectivity index (χ3v) is 4.59. The van der Waals surface area contributed by atoms with Crippen molar-refractivity contribution < 1.29 is 4.79 Å². The molecule has 2 atom stereocenters. The Labute approximate surface area is 117 Å². The van der Waals surface area contributed by atoms with Gasteiger partial charge in [0, 0.05) is 5.56 Å². The molecular formula is C18H26O. The molecule has 0 aromatic heterocycles. The molecule has 1 aromatic rings. The predicted molar refractivity (Wildman–Crippen MR) is 80.5 cm³/mol. The molecule has 1 fully saturated rings. The van der Waals surface area contributed by atoms with Crippen LogP contribution in [0.2, 0.25) is 0 Å². The van der Waals surface area contributed by atoms with Crippen LogP contribution in [0.1, 0.15) is 67.8 Å². The zero-order valence-corrected chi connectivity index (χ0v) is 12.1. The Morgan fingerprint density at radius 1 is 1.16 bits per heavy atom. The van der Waals surface area contributed by atoms with Gasteiger partial charge in [0.05, 0.1) is 0 Å². The molecule has 0 radical (unpaired) electrons. The first-order chi connectivity index (χ1) is 9.33. The molecule has 0 aliphatic heterocycles. The van der Waals surface area contributed by atoms with E-state index >= 15 is 0 Å². The summed E-state index contributed by atoms with van der Waals surface area (Å²) in [6.45, 7) is 2.30. The van der Waals surface area contributed by atoms with Gasteiger partial charge in [-0.25, -0.2) is 0 Å². The Morgan fingerprint density at radius 3 is 2.63 bits per heavy atom. The molecule has 19 heavy (non-hydrogen) atoms. The minimum Gasteiger partial charge on any atom is -0.298 e. The summed E-state index contributed by atoms with van der Waals surface area (Å²) in [6, 6.07) is 8.04. The van der Waals surface area contributed by atoms with Crippen LogP contribution in [-0.2, 0) is 6.42 Å². The number of carbonyl (C=O) groups is 1. The van der Waals surface area contributed by atoms with Gasteiger partial charge in [-0.3, -0.25) is 4.79 Å². The molecule has 1 saturated carbocycles. The van der Waals surface area contributed by atoms with Crippen LogP contribution < -0.4 is 0 Å². The highest BCUT2D eigenvalue weighted by molar-refractivity contribution is 5.77. The summed E-state index contributed by atoms with van der Waals surface area (Å²) in [5.74, 6) is 1.84. The second-order valence-electron chi connectivity index (χ2n) is 6.04. The Hall–Kier alpha value is -1.11. The molecule has 2 unspecified atom stereocenters. The van der Waals surface area contributed by atoms with Crippen LogP contribution in [0.15, 0.2) is 24.3 Å². The van der Waals surface area contributed by atoms with Crippen LogP contribution in [0.25, 0.3) is 0 Å². The number of carbonyl (C=O) groups excluding carboxylic acids is 1. The highest BCUT2D eigenvalue weighted by atomic mass is 16.1. The van der Waals surface area contributed by atoms with Crippen molar-refractivity contribution in [2.45, 2.75) is 58.3 Å². The third kappa shape index (κ3) is 4.19. The first kappa shape index (κ1) is 14.3. The zero-order chi connectivity index (χ0) is 13.5. The molecule has 0 N–H and O–H groups in total. The summed E-state index contributed by atoms with van der Waals surface area (Å²) < 4.78 is 0. The van der Waals surface area contributed by atoms with Crippen LogP contribution in [0.4, 0.5) is 0 Å². The lowest BCUT2D eigenvalue weighted by molar-refractivity contribution is 0.112. The van der Waals surface area contributed by atoms with Crippen molar-refractivity contribution in [1.82, 2.24) is 0 Å². The van der Waals surface area contributed by atoms with E-state index < -0.39 is 0 Å². The van der Waals surface area contributed by atoms with E-state index in [1.165, 1.54) is 50.5 Å². The number of aryl methyl sites for hydroxylation is 1. The van der Waals surface area contributed by atoms with Gasteiger partial charge < -0.3 is 0 Å². The highest BCUT2D eigenvalue weighted by Gasteiger charge is 2.21. The molecule has 0 heterocycles. The van der Waals surface area contributed by atoms with Crippen LogP contribution in [0.3, 0.4) is 0 Å². The van der Waals surface area contributed by atoms with Crippen LogP contribution in [0, 0.1) is 11.8 Å². The lowest BCUT2D eigenvalue weighted by atomic mass is 9.77. The van der Waals surface area contributed by atoms with Gasteiger partial charge in [-0.2, -0.15) is 0 Å². The zero-order valence-electron chi connectivity index (χ0n) is 12.1. The van der Waals surface area contributed by atoms with Crippen molar-refractivity contribution in [3.05, 3.63) is 35.4 Å². The molecule has 1 aliphatic rings. The molecule has 1 aliphatic carbocycles. The van der Waals surface area contributed by atoms with Gasteiger partial charge in [0.2, 0.25) is 0 Å². The molecule has 1 heteroatoms. The number of hydrogen-bond acceptors (Lipinski definition) is 1. The van der Waals surface area contributed by atoms with Crippen molar-refractivity contribution >= 4 is 6.29 Å². The molecule has 1 aromatic carbocycles. The maximum atomic E-state index is 11.0. The standard InChI is InChI=1S/C18H26O/c1-2-6-15-7-5-8-16(13-15)11-12-17-9-3-4-10-18(17)14-19/h3-4,9-10,14-16H,2,5-8,11-13H2,1H3. The Kier molecular flexibility index (Phi) is 5.62. The van der Waals surface area contributed by atoms with Crippen molar-refractivity contribution in [2.75, 3.05) is 0 Å². The molecule has 104 valence electrons. The van der Waals surface area contributed by atoms with E-state index in [1.54, 1.807) is 0 Å². The lowest BCUT2D eigenvalue weighted by Crippen LogP contribution is -2.16. The van der Waals surface area contributed by atoms with Crippen molar-refractivity contribution in [3.8, 4) is 0 Å². The number of aldehydes is 1. The lowest BCUT2D eigenvalue weighted by Gasteiger charge is -2.29. The summed E-state index contributed by atoms with van der Waals surface area (Å²) in [5.41, 5.74) is 2.11. The monoisotopic (exact) mass is 258 g/mol. The van der Waals surface area contributed by atoms with Gasteiger partial charge in [0.15, 0.2) is 0 Å². The second-order valence-corrected chi connectivity index (χ2v) is 6.04. The minimum atomic E-state index is 0.878. The van der Waals surface area contributed by atoms with Crippen LogP contribution in [0.5, 0.6) is 0 Å². The van der Waals surface area contributed by atoms with E-state index in [9.17, 15) is 4.79 Å². The normalized spacial score (nSPS) is 23.2. The van der Waals surface area contributed by atoms with Crippen molar-refractivity contribution in [2.24, 2.45) is 11.8 Å². The first-order valence-corrected chi connectivity index (χ1v) is 7.86. The Bertz CT molecular complexity index is 394. The van der Waals surface area contributed by atoms with Gasteiger partial charge in [-0.15, -0.1) is 0 Å². The molecular weight excluding hydrogens is 232 g/mol. The maximum absolute atomic E-state index is 11.0. The van der Waals surface area contributed by atoms with Gasteiger partial charge in [0.25, 0.3) is 0 Å². The Balaban J connectivity index is 1.86. The third-order valence-electron chi connectivity index (χ3n) is 4.59. The number of hydrogen-bond donors (Lipinski definition) is 0. The fourth-order valence-corrected chi connectivity index (χ4v) is 3.57. The number of rotatable bonds is 6. The van der Waals surface area contributed by atoms with E-state index in [0.717, 1.165) is 30.1 Å². The fourth-order valence-electron chi connectivity index (χ4n) is 3.57. The first-order valence-electron chi connectivity index (χ1n) is 7.86. The summed E-state index contributed by atoms with van der Waals surface area (Å²) in [7, 11) is 0. The van der Waals surface area contributed by atoms with Gasteiger partial charge in [0.1, 0.15) is 6.29 Å². The van der Waals surface area contributed by atoms with Crippen molar-refractivity contribution in [3.63, 3.8) is 0 Å². The van der Waals surface area contributed by atoms with E-state index in [4.69, 9.17) is 0 Å². The van der Waals surface area contributed by atoms with Gasteiger partial charge in [-0.05, 0) is 36.7 Å². The quantitative estimate of drug-likeness (QED) is 0.653. The summed E-state index contributed by atoms with van der Waals surface area (Å²) in [6.07, 6.45) is 11.7. The Morgan fingerprint density at radius 2 is 1.89 bits per heavy atom. The molecule has 2 rings (SSSR count). The van der Waals surface area contributed by atoms with Gasteiger partial charge >= 0.3 is 0 Å². The average Bonchev–Trinajstić information content (AvgIpc) is 2.46. The SMILES string of the molecule is CCCC1CCCC(CCc2ccccc2C=O)C1. The van der Waals surface area contributed by atoms with Crippen molar-refractivity contribution in [1.29, 1.82) is 0 Å². The van der Waals surface area contributed by atoms with E-state index in [1.807, 2.05) is 18.2 Å². The minimum absolute atomic E-state index is 0.878. The molecule has 0 amide bonds. The average molecular weight is 258 g/mol. The van der Waals surface area contributed by atoms with E-state index in [2.05, 4.69) is 13.0 Å². The molecule has 0 bridgehead atoms. The molecule has 1 nitrogen and oxygen atoms in total. The molecule has 0 spiro atoms. The fraction of sp³-hybridized carbons (Fsp3) is 0.611. The second kappa shape index (κ2) is 7.47. The van der Waals surface area contributed by atoms with Crippen LogP contribution >= 0.6 is 0 Å². The van der Waals surface area contributed by atoms with Crippen LogP contribution in [-0.4, -0.2) is 6.29 Å². The van der Waals surface area contributed by atoms with Gasteiger partial charge in [-0.1, -0.05) is 63.3 Å². The number of benzene rings is 1. The smallest absolute Gasteiger partial charge is 0.150 e. The topological polar surface area (TPSA) is 17.1 Å². The predicted octanol–water partition coefficient (Wildman–Crippen LogP) is 5.04. The highest BCUT2D eigenvalue weighted by Crippen LogP contribution is 2.34. The van der Waals surface area contributed by atoms with E-state index in [-0.39, 0.29) is 0 Å². The molecule has 0 saturated heterocycles. The summed E-state index contributed by atoms with van der Waals surface area (Å²) >= 11 is 0. The van der Waals surface area contributed by atoms with E-state index in [0.29, 0.717) is 0 Å². The maximum Gasteiger partial charge on any atom is 0.150 e.